The molecule has 0 saturated carbocycles. The predicted molar refractivity (Wildman–Crippen MR) is 83.6 cm³/mol. The van der Waals surface area contributed by atoms with E-state index in [9.17, 15) is 13.2 Å². The Hall–Kier alpha value is -1.57. The van der Waals surface area contributed by atoms with E-state index in [0.29, 0.717) is 17.2 Å². The number of nitrogens with one attached hydrogen (secondary N) is 1. The third-order valence-electron chi connectivity index (χ3n) is 4.13. The van der Waals surface area contributed by atoms with Gasteiger partial charge in [0.25, 0.3) is 0 Å². The summed E-state index contributed by atoms with van der Waals surface area (Å²) in [4.78, 5) is 4.29. The highest BCUT2D eigenvalue weighted by Gasteiger charge is 2.33. The van der Waals surface area contributed by atoms with Crippen molar-refractivity contribution in [2.45, 2.75) is 31.3 Å². The van der Waals surface area contributed by atoms with E-state index in [4.69, 9.17) is 16.3 Å². The van der Waals surface area contributed by atoms with E-state index in [2.05, 4.69) is 10.3 Å². The van der Waals surface area contributed by atoms with Gasteiger partial charge in [0.1, 0.15) is 11.9 Å². The summed E-state index contributed by atoms with van der Waals surface area (Å²) in [5, 5.41) is 3.56. The Morgan fingerprint density at radius 2 is 2.21 bits per heavy atom. The lowest BCUT2D eigenvalue weighted by Gasteiger charge is -2.20. The molecule has 8 heteroatoms. The van der Waals surface area contributed by atoms with Crippen LogP contribution in [0, 0.1) is 0 Å². The fraction of sp³-hybridized carbons (Fsp3) is 0.438. The highest BCUT2D eigenvalue weighted by molar-refractivity contribution is 6.31. The summed E-state index contributed by atoms with van der Waals surface area (Å²) in [6.07, 6.45) is -0.330. The molecule has 4 nitrogen and oxygen atoms in total. The van der Waals surface area contributed by atoms with Gasteiger partial charge in [0.05, 0.1) is 5.56 Å². The number of aromatic nitrogens is 2. The van der Waals surface area contributed by atoms with Crippen LogP contribution in [0.5, 0.6) is 0 Å². The fourth-order valence-corrected chi connectivity index (χ4v) is 3.02. The molecule has 0 amide bonds. The second-order valence-corrected chi connectivity index (χ2v) is 6.17. The maximum atomic E-state index is 12.8. The number of alkyl halides is 3. The van der Waals surface area contributed by atoms with E-state index < -0.39 is 11.7 Å². The minimum Gasteiger partial charge on any atom is -0.369 e. The average molecular weight is 360 g/mol. The topological polar surface area (TPSA) is 39.1 Å². The van der Waals surface area contributed by atoms with E-state index in [1.54, 1.807) is 6.20 Å². The van der Waals surface area contributed by atoms with Crippen LogP contribution in [0.2, 0.25) is 5.02 Å². The van der Waals surface area contributed by atoms with Crippen LogP contribution in [0.1, 0.15) is 29.5 Å². The minimum atomic E-state index is -4.38. The first kappa shape index (κ1) is 17.3. The highest BCUT2D eigenvalue weighted by atomic mass is 35.5. The largest absolute Gasteiger partial charge is 0.416 e. The molecule has 3 rings (SSSR count). The van der Waals surface area contributed by atoms with Gasteiger partial charge in [-0.3, -0.25) is 0 Å². The van der Waals surface area contributed by atoms with Crippen molar-refractivity contribution in [3.05, 3.63) is 52.6 Å². The molecule has 1 aromatic carbocycles. The molecule has 0 bridgehead atoms. The molecular weight excluding hydrogens is 343 g/mol. The molecule has 2 heterocycles. The summed E-state index contributed by atoms with van der Waals surface area (Å²) in [6, 6.07) is 3.32. The maximum absolute atomic E-state index is 12.8. The highest BCUT2D eigenvalue weighted by Crippen LogP contribution is 2.32. The Labute approximate surface area is 142 Å². The smallest absolute Gasteiger partial charge is 0.369 e. The molecule has 0 radical (unpaired) electrons. The Balaban J connectivity index is 1.72. The lowest BCUT2D eigenvalue weighted by atomic mass is 10.1. The van der Waals surface area contributed by atoms with Crippen molar-refractivity contribution < 1.29 is 17.9 Å². The van der Waals surface area contributed by atoms with Gasteiger partial charge in [0.2, 0.25) is 0 Å². The molecule has 1 N–H and O–H groups in total. The molecule has 0 aliphatic carbocycles. The lowest BCUT2D eigenvalue weighted by Crippen LogP contribution is -2.32. The first-order chi connectivity index (χ1) is 11.4. The van der Waals surface area contributed by atoms with E-state index in [1.165, 1.54) is 6.07 Å². The second kappa shape index (κ2) is 6.74. The number of nitrogens with zero attached hydrogens (tertiary/aromatic N) is 2. The molecule has 0 spiro atoms. The van der Waals surface area contributed by atoms with Crippen LogP contribution >= 0.6 is 11.6 Å². The van der Waals surface area contributed by atoms with Gasteiger partial charge in [0, 0.05) is 43.7 Å². The number of halogens is 4. The SMILES string of the molecule is Cn1ccnc1[C@H]1OCC[C@@H]1NCc1cc(C(F)(F)F)ccc1Cl. The van der Waals surface area contributed by atoms with Crippen LogP contribution in [0.25, 0.3) is 0 Å². The molecule has 0 unspecified atom stereocenters. The molecule has 1 aliphatic heterocycles. The number of hydrogen-bond donors (Lipinski definition) is 1. The quantitative estimate of drug-likeness (QED) is 0.904. The van der Waals surface area contributed by atoms with Crippen LogP contribution in [0.4, 0.5) is 13.2 Å². The molecule has 1 fully saturated rings. The van der Waals surface area contributed by atoms with Crippen molar-refractivity contribution in [1.29, 1.82) is 0 Å². The summed E-state index contributed by atoms with van der Waals surface area (Å²) in [5.41, 5.74) is -0.288. The number of ether oxygens (including phenoxy) is 1. The molecule has 2 aromatic rings. The summed E-state index contributed by atoms with van der Waals surface area (Å²) < 4.78 is 46.1. The predicted octanol–water partition coefficient (Wildman–Crippen LogP) is 3.71. The van der Waals surface area contributed by atoms with Crippen LogP contribution in [0.15, 0.2) is 30.6 Å². The van der Waals surface area contributed by atoms with E-state index in [0.717, 1.165) is 24.4 Å². The van der Waals surface area contributed by atoms with Gasteiger partial charge in [-0.05, 0) is 30.2 Å². The monoisotopic (exact) mass is 359 g/mol. The van der Waals surface area contributed by atoms with E-state index in [-0.39, 0.29) is 18.7 Å². The van der Waals surface area contributed by atoms with E-state index in [1.807, 2.05) is 17.8 Å². The summed E-state index contributed by atoms with van der Waals surface area (Å²) >= 11 is 6.04. The van der Waals surface area contributed by atoms with Gasteiger partial charge in [0.15, 0.2) is 0 Å². The number of hydrogen-bond acceptors (Lipinski definition) is 3. The van der Waals surface area contributed by atoms with Crippen molar-refractivity contribution in [1.82, 2.24) is 14.9 Å². The molecule has 24 heavy (non-hydrogen) atoms. The molecule has 1 saturated heterocycles. The van der Waals surface area contributed by atoms with Gasteiger partial charge < -0.3 is 14.6 Å². The lowest BCUT2D eigenvalue weighted by molar-refractivity contribution is -0.137. The molecule has 1 aromatic heterocycles. The number of imidazole rings is 1. The number of rotatable bonds is 4. The van der Waals surface area contributed by atoms with Gasteiger partial charge in [-0.2, -0.15) is 13.2 Å². The molecule has 1 aliphatic rings. The van der Waals surface area contributed by atoms with Crippen LogP contribution < -0.4 is 5.32 Å². The third kappa shape index (κ3) is 3.58. The average Bonchev–Trinajstić information content (AvgIpc) is 3.13. The Kier molecular flexibility index (Phi) is 4.85. The van der Waals surface area contributed by atoms with Crippen molar-refractivity contribution >= 4 is 11.6 Å². The van der Waals surface area contributed by atoms with Gasteiger partial charge >= 0.3 is 6.18 Å². The Morgan fingerprint density at radius 1 is 1.42 bits per heavy atom. The first-order valence-corrected chi connectivity index (χ1v) is 7.92. The minimum absolute atomic E-state index is 0.0308. The normalized spacial score (nSPS) is 21.4. The zero-order valence-corrected chi connectivity index (χ0v) is 13.7. The third-order valence-corrected chi connectivity index (χ3v) is 4.50. The zero-order chi connectivity index (χ0) is 17.3. The van der Waals surface area contributed by atoms with Gasteiger partial charge in [-0.1, -0.05) is 11.6 Å². The first-order valence-electron chi connectivity index (χ1n) is 7.54. The fourth-order valence-electron chi connectivity index (χ4n) is 2.83. The summed E-state index contributed by atoms with van der Waals surface area (Å²) in [7, 11) is 1.88. The second-order valence-electron chi connectivity index (χ2n) is 5.77. The van der Waals surface area contributed by atoms with Gasteiger partial charge in [-0.15, -0.1) is 0 Å². The van der Waals surface area contributed by atoms with Gasteiger partial charge in [-0.25, -0.2) is 4.98 Å². The van der Waals surface area contributed by atoms with Crippen LogP contribution in [-0.4, -0.2) is 22.2 Å². The maximum Gasteiger partial charge on any atom is 0.416 e. The Bertz CT molecular complexity index is 717. The number of benzene rings is 1. The van der Waals surface area contributed by atoms with Crippen molar-refractivity contribution in [3.63, 3.8) is 0 Å². The van der Waals surface area contributed by atoms with Crippen molar-refractivity contribution in [2.75, 3.05) is 6.61 Å². The Morgan fingerprint density at radius 3 is 2.88 bits per heavy atom. The van der Waals surface area contributed by atoms with Crippen LogP contribution in [-0.2, 0) is 24.5 Å². The summed E-state index contributed by atoms with van der Waals surface area (Å²) in [6.45, 7) is 0.809. The zero-order valence-electron chi connectivity index (χ0n) is 13.0. The molecule has 2 atom stereocenters. The van der Waals surface area contributed by atoms with Crippen molar-refractivity contribution in [2.24, 2.45) is 7.05 Å². The van der Waals surface area contributed by atoms with Crippen molar-refractivity contribution in [3.8, 4) is 0 Å². The van der Waals surface area contributed by atoms with Crippen LogP contribution in [0.3, 0.4) is 0 Å². The molecular formula is C16H17ClF3N3O. The van der Waals surface area contributed by atoms with E-state index >= 15 is 0 Å². The molecule has 130 valence electrons. The summed E-state index contributed by atoms with van der Waals surface area (Å²) in [5.74, 6) is 0.792. The number of aryl methyl sites for hydroxylation is 1. The standard InChI is InChI=1S/C16H17ClF3N3O/c1-23-6-5-21-15(23)14-13(4-7-24-14)22-9-10-8-11(16(18,19)20)2-3-12(10)17/h2-3,5-6,8,13-14,22H,4,7,9H2,1H3/t13-,14-/m0/s1.